The predicted molar refractivity (Wildman–Crippen MR) is 71.8 cm³/mol. The monoisotopic (exact) mass is 250 g/mol. The molecule has 1 aliphatic rings. The Bertz CT molecular complexity index is 383. The van der Waals surface area contributed by atoms with Crippen LogP contribution in [0.3, 0.4) is 0 Å². The number of aromatic hydroxyl groups is 2. The number of phenols is 2. The molecular weight excluding hydrogens is 228 g/mol. The van der Waals surface area contributed by atoms with Crippen LogP contribution >= 0.6 is 0 Å². The number of nitrogens with zero attached hydrogens (tertiary/aromatic N) is 1. The molecule has 2 atom stereocenters. The molecule has 100 valence electrons. The lowest BCUT2D eigenvalue weighted by Gasteiger charge is -2.28. The predicted octanol–water partition coefficient (Wildman–Crippen LogP) is 1.84. The standard InChI is InChI=1S/C14H22N2O2/c1-10(11-6-13(17)8-14(18)7-11)16(2)9-12-4-3-5-15-12/h6-8,10,12,15,17-18H,3-5,9H2,1-2H3. The van der Waals surface area contributed by atoms with Crippen LogP contribution in [0.2, 0.25) is 0 Å². The van der Waals surface area contributed by atoms with E-state index in [9.17, 15) is 10.2 Å². The molecule has 1 aromatic carbocycles. The molecule has 0 aliphatic carbocycles. The van der Waals surface area contributed by atoms with Gasteiger partial charge in [-0.15, -0.1) is 0 Å². The summed E-state index contributed by atoms with van der Waals surface area (Å²) in [6, 6.07) is 5.51. The largest absolute Gasteiger partial charge is 0.508 e. The highest BCUT2D eigenvalue weighted by Gasteiger charge is 2.20. The molecule has 3 N–H and O–H groups in total. The lowest BCUT2D eigenvalue weighted by molar-refractivity contribution is 0.237. The lowest BCUT2D eigenvalue weighted by Crippen LogP contribution is -2.36. The van der Waals surface area contributed by atoms with Crippen molar-refractivity contribution in [2.75, 3.05) is 20.1 Å². The molecule has 0 aromatic heterocycles. The van der Waals surface area contributed by atoms with Crippen molar-refractivity contribution in [3.8, 4) is 11.5 Å². The van der Waals surface area contributed by atoms with Crippen molar-refractivity contribution in [3.05, 3.63) is 23.8 Å². The van der Waals surface area contributed by atoms with Gasteiger partial charge in [-0.2, -0.15) is 0 Å². The summed E-state index contributed by atoms with van der Waals surface area (Å²) in [6.07, 6.45) is 2.47. The first-order chi connectivity index (χ1) is 8.56. The molecule has 4 heteroatoms. The highest BCUT2D eigenvalue weighted by atomic mass is 16.3. The summed E-state index contributed by atoms with van der Waals surface area (Å²) in [4.78, 5) is 2.25. The zero-order chi connectivity index (χ0) is 13.1. The van der Waals surface area contributed by atoms with E-state index < -0.39 is 0 Å². The third-order valence-electron chi connectivity index (χ3n) is 3.74. The Morgan fingerprint density at radius 2 is 2.00 bits per heavy atom. The van der Waals surface area contributed by atoms with Gasteiger partial charge in [0, 0.05) is 24.7 Å². The van der Waals surface area contributed by atoms with Crippen molar-refractivity contribution in [2.45, 2.75) is 31.8 Å². The minimum Gasteiger partial charge on any atom is -0.508 e. The van der Waals surface area contributed by atoms with Crippen LogP contribution in [0.5, 0.6) is 11.5 Å². The van der Waals surface area contributed by atoms with Crippen molar-refractivity contribution < 1.29 is 10.2 Å². The second kappa shape index (κ2) is 5.59. The molecule has 0 bridgehead atoms. The third-order valence-corrected chi connectivity index (χ3v) is 3.74. The van der Waals surface area contributed by atoms with Crippen molar-refractivity contribution in [1.82, 2.24) is 10.2 Å². The first-order valence-electron chi connectivity index (χ1n) is 6.53. The van der Waals surface area contributed by atoms with E-state index in [-0.39, 0.29) is 17.5 Å². The Morgan fingerprint density at radius 3 is 2.56 bits per heavy atom. The topological polar surface area (TPSA) is 55.7 Å². The van der Waals surface area contributed by atoms with Gasteiger partial charge < -0.3 is 15.5 Å². The van der Waals surface area contributed by atoms with Crippen LogP contribution in [0, 0.1) is 0 Å². The van der Waals surface area contributed by atoms with Gasteiger partial charge in [0.1, 0.15) is 11.5 Å². The molecule has 1 aliphatic heterocycles. The molecule has 0 radical (unpaired) electrons. The first-order valence-corrected chi connectivity index (χ1v) is 6.53. The zero-order valence-electron chi connectivity index (χ0n) is 11.1. The SMILES string of the molecule is CC(c1cc(O)cc(O)c1)N(C)CC1CCCN1. The summed E-state index contributed by atoms with van der Waals surface area (Å²) in [6.45, 7) is 4.18. The Balaban J connectivity index is 2.02. The number of hydrogen-bond acceptors (Lipinski definition) is 4. The minimum absolute atomic E-state index is 0.115. The van der Waals surface area contributed by atoms with Gasteiger partial charge in [-0.1, -0.05) is 0 Å². The van der Waals surface area contributed by atoms with E-state index in [0.717, 1.165) is 18.7 Å². The zero-order valence-corrected chi connectivity index (χ0v) is 11.1. The molecule has 1 heterocycles. The van der Waals surface area contributed by atoms with Crippen molar-refractivity contribution in [3.63, 3.8) is 0 Å². The van der Waals surface area contributed by atoms with Crippen LogP contribution in [-0.4, -0.2) is 41.3 Å². The third kappa shape index (κ3) is 3.15. The van der Waals surface area contributed by atoms with E-state index >= 15 is 0 Å². The molecule has 0 saturated carbocycles. The van der Waals surface area contributed by atoms with Gasteiger partial charge in [0.2, 0.25) is 0 Å². The van der Waals surface area contributed by atoms with Gasteiger partial charge in [-0.25, -0.2) is 0 Å². The average molecular weight is 250 g/mol. The van der Waals surface area contributed by atoms with Crippen LogP contribution in [0.4, 0.5) is 0 Å². The summed E-state index contributed by atoms with van der Waals surface area (Å²) in [5.74, 6) is 0.230. The summed E-state index contributed by atoms with van der Waals surface area (Å²) < 4.78 is 0. The molecule has 1 fully saturated rings. The Hall–Kier alpha value is -1.26. The van der Waals surface area contributed by atoms with Crippen molar-refractivity contribution in [2.24, 2.45) is 0 Å². The van der Waals surface area contributed by atoms with Crippen molar-refractivity contribution in [1.29, 1.82) is 0 Å². The molecule has 1 saturated heterocycles. The summed E-state index contributed by atoms with van der Waals surface area (Å²) in [5, 5.41) is 22.5. The Morgan fingerprint density at radius 1 is 1.33 bits per heavy atom. The molecule has 4 nitrogen and oxygen atoms in total. The molecule has 2 unspecified atom stereocenters. The summed E-state index contributed by atoms with van der Waals surface area (Å²) >= 11 is 0. The average Bonchev–Trinajstić information content (AvgIpc) is 2.79. The van der Waals surface area contributed by atoms with Crippen LogP contribution in [0.25, 0.3) is 0 Å². The fourth-order valence-corrected chi connectivity index (χ4v) is 2.53. The highest BCUT2D eigenvalue weighted by molar-refractivity contribution is 5.37. The fraction of sp³-hybridized carbons (Fsp3) is 0.571. The normalized spacial score (nSPS) is 21.4. The number of hydrogen-bond donors (Lipinski definition) is 3. The molecule has 18 heavy (non-hydrogen) atoms. The van der Waals surface area contributed by atoms with Gasteiger partial charge in [-0.05, 0) is 51.1 Å². The second-order valence-electron chi connectivity index (χ2n) is 5.19. The highest BCUT2D eigenvalue weighted by Crippen LogP contribution is 2.27. The maximum atomic E-state index is 9.52. The van der Waals surface area contributed by atoms with E-state index in [1.54, 1.807) is 12.1 Å². The fourth-order valence-electron chi connectivity index (χ4n) is 2.53. The molecule has 1 aromatic rings. The van der Waals surface area contributed by atoms with Gasteiger partial charge >= 0.3 is 0 Å². The first kappa shape index (κ1) is 13.2. The van der Waals surface area contributed by atoms with Crippen LogP contribution in [0.1, 0.15) is 31.4 Å². The maximum absolute atomic E-state index is 9.52. The van der Waals surface area contributed by atoms with E-state index in [2.05, 4.69) is 24.2 Å². The Kier molecular flexibility index (Phi) is 4.09. The maximum Gasteiger partial charge on any atom is 0.119 e. The van der Waals surface area contributed by atoms with Crippen molar-refractivity contribution >= 4 is 0 Å². The van der Waals surface area contributed by atoms with Crippen LogP contribution < -0.4 is 5.32 Å². The van der Waals surface area contributed by atoms with Gasteiger partial charge in [0.15, 0.2) is 0 Å². The molecule has 0 spiro atoms. The van der Waals surface area contributed by atoms with Gasteiger partial charge in [0.25, 0.3) is 0 Å². The van der Waals surface area contributed by atoms with E-state index in [1.807, 2.05) is 0 Å². The van der Waals surface area contributed by atoms with E-state index in [1.165, 1.54) is 18.9 Å². The number of phenolic OH excluding ortho intramolecular Hbond substituents is 2. The quantitative estimate of drug-likeness (QED) is 0.763. The Labute approximate surface area is 108 Å². The van der Waals surface area contributed by atoms with E-state index in [4.69, 9.17) is 0 Å². The minimum atomic E-state index is 0.115. The van der Waals surface area contributed by atoms with Crippen LogP contribution in [0.15, 0.2) is 18.2 Å². The summed E-state index contributed by atoms with van der Waals surface area (Å²) in [7, 11) is 2.08. The van der Waals surface area contributed by atoms with E-state index in [0.29, 0.717) is 6.04 Å². The number of benzene rings is 1. The molecular formula is C14H22N2O2. The number of likely N-dealkylation sites (N-methyl/N-ethyl adjacent to an activating group) is 1. The molecule has 0 amide bonds. The van der Waals surface area contributed by atoms with Crippen LogP contribution in [-0.2, 0) is 0 Å². The second-order valence-corrected chi connectivity index (χ2v) is 5.19. The smallest absolute Gasteiger partial charge is 0.119 e. The summed E-state index contributed by atoms with van der Waals surface area (Å²) in [5.41, 5.74) is 0.938. The van der Waals surface area contributed by atoms with Gasteiger partial charge in [0.05, 0.1) is 0 Å². The number of rotatable bonds is 4. The number of nitrogens with one attached hydrogen (secondary N) is 1. The van der Waals surface area contributed by atoms with Gasteiger partial charge in [-0.3, -0.25) is 4.90 Å². The molecule has 2 rings (SSSR count). The lowest BCUT2D eigenvalue weighted by atomic mass is 10.1.